The van der Waals surface area contributed by atoms with Crippen molar-refractivity contribution in [1.82, 2.24) is 10.6 Å². The first-order valence-electron chi connectivity index (χ1n) is 7.27. The van der Waals surface area contributed by atoms with E-state index in [2.05, 4.69) is 45.6 Å². The smallest absolute Gasteiger partial charge is 0.407 e. The minimum atomic E-state index is -0.457. The SMILES string of the molecule is CCC(NCCNC(=O)OC(C)(C)C)c1ccc(Br)cc1. The number of carbonyl (C=O) groups excluding carboxylic acids is 1. The molecule has 1 rings (SSSR count). The van der Waals surface area contributed by atoms with E-state index in [1.165, 1.54) is 5.56 Å². The van der Waals surface area contributed by atoms with Gasteiger partial charge in [0.15, 0.2) is 0 Å². The number of benzene rings is 1. The van der Waals surface area contributed by atoms with Crippen molar-refractivity contribution in [1.29, 1.82) is 0 Å². The quantitative estimate of drug-likeness (QED) is 0.757. The second-order valence-electron chi connectivity index (χ2n) is 5.90. The summed E-state index contributed by atoms with van der Waals surface area (Å²) in [4.78, 5) is 11.5. The predicted molar refractivity (Wildman–Crippen MR) is 89.4 cm³/mol. The second-order valence-corrected chi connectivity index (χ2v) is 6.81. The van der Waals surface area contributed by atoms with Crippen LogP contribution in [0, 0.1) is 0 Å². The van der Waals surface area contributed by atoms with Gasteiger partial charge in [-0.15, -0.1) is 0 Å². The van der Waals surface area contributed by atoms with Gasteiger partial charge in [0, 0.05) is 23.6 Å². The highest BCUT2D eigenvalue weighted by molar-refractivity contribution is 9.10. The van der Waals surface area contributed by atoms with Gasteiger partial charge in [-0.2, -0.15) is 0 Å². The highest BCUT2D eigenvalue weighted by Crippen LogP contribution is 2.19. The Balaban J connectivity index is 2.33. The van der Waals surface area contributed by atoms with Crippen molar-refractivity contribution < 1.29 is 9.53 Å². The molecule has 0 aromatic heterocycles. The van der Waals surface area contributed by atoms with Gasteiger partial charge in [-0.25, -0.2) is 4.79 Å². The van der Waals surface area contributed by atoms with Crippen molar-refractivity contribution in [2.45, 2.75) is 45.8 Å². The minimum absolute atomic E-state index is 0.290. The van der Waals surface area contributed by atoms with E-state index in [0.717, 1.165) is 10.9 Å². The van der Waals surface area contributed by atoms with Crippen LogP contribution in [0.15, 0.2) is 28.7 Å². The molecule has 5 heteroatoms. The monoisotopic (exact) mass is 356 g/mol. The Morgan fingerprint density at radius 3 is 2.38 bits per heavy atom. The molecule has 0 bridgehead atoms. The number of hydrogen-bond acceptors (Lipinski definition) is 3. The van der Waals surface area contributed by atoms with Crippen LogP contribution in [0.5, 0.6) is 0 Å². The minimum Gasteiger partial charge on any atom is -0.444 e. The van der Waals surface area contributed by atoms with Crippen LogP contribution in [0.25, 0.3) is 0 Å². The Kier molecular flexibility index (Phi) is 7.18. The van der Waals surface area contributed by atoms with Crippen molar-refractivity contribution in [3.05, 3.63) is 34.3 Å². The number of amides is 1. The lowest BCUT2D eigenvalue weighted by Crippen LogP contribution is -2.37. The largest absolute Gasteiger partial charge is 0.444 e. The van der Waals surface area contributed by atoms with E-state index in [0.29, 0.717) is 19.1 Å². The molecule has 0 radical (unpaired) electrons. The Hall–Kier alpha value is -1.07. The van der Waals surface area contributed by atoms with Crippen LogP contribution in [0.1, 0.15) is 45.7 Å². The first kappa shape index (κ1) is 18.0. The Labute approximate surface area is 135 Å². The van der Waals surface area contributed by atoms with E-state index in [1.807, 2.05) is 32.9 Å². The number of alkyl carbamates (subject to hydrolysis) is 1. The molecule has 1 amide bonds. The number of rotatable bonds is 6. The fraction of sp³-hybridized carbons (Fsp3) is 0.562. The third kappa shape index (κ3) is 7.48. The van der Waals surface area contributed by atoms with Crippen LogP contribution in [0.3, 0.4) is 0 Å². The third-order valence-corrected chi connectivity index (χ3v) is 3.39. The normalized spacial score (nSPS) is 12.8. The van der Waals surface area contributed by atoms with E-state index < -0.39 is 5.60 Å². The second kappa shape index (κ2) is 8.39. The van der Waals surface area contributed by atoms with Crippen molar-refractivity contribution in [3.8, 4) is 0 Å². The van der Waals surface area contributed by atoms with Gasteiger partial charge in [0.1, 0.15) is 5.60 Å². The summed E-state index contributed by atoms with van der Waals surface area (Å²) in [5.41, 5.74) is 0.791. The number of nitrogens with one attached hydrogen (secondary N) is 2. The van der Waals surface area contributed by atoms with Crippen LogP contribution >= 0.6 is 15.9 Å². The van der Waals surface area contributed by atoms with Gasteiger partial charge < -0.3 is 15.4 Å². The summed E-state index contributed by atoms with van der Waals surface area (Å²) in [7, 11) is 0. The van der Waals surface area contributed by atoms with Gasteiger partial charge in [0.25, 0.3) is 0 Å². The standard InChI is InChI=1S/C16H25BrN2O2/c1-5-14(12-6-8-13(17)9-7-12)18-10-11-19-15(20)21-16(2,3)4/h6-9,14,18H,5,10-11H2,1-4H3,(H,19,20). The molecule has 1 aromatic carbocycles. The maximum absolute atomic E-state index is 11.5. The Morgan fingerprint density at radius 2 is 1.86 bits per heavy atom. The van der Waals surface area contributed by atoms with E-state index in [1.54, 1.807) is 0 Å². The average molecular weight is 357 g/mol. The molecule has 1 unspecified atom stereocenters. The van der Waals surface area contributed by atoms with Crippen molar-refractivity contribution in [2.75, 3.05) is 13.1 Å². The summed E-state index contributed by atoms with van der Waals surface area (Å²) in [6.07, 6.45) is 0.620. The Morgan fingerprint density at radius 1 is 1.24 bits per heavy atom. The van der Waals surface area contributed by atoms with Crippen LogP contribution in [-0.4, -0.2) is 24.8 Å². The summed E-state index contributed by atoms with van der Waals surface area (Å²) in [5.74, 6) is 0. The summed E-state index contributed by atoms with van der Waals surface area (Å²) >= 11 is 3.44. The van der Waals surface area contributed by atoms with Gasteiger partial charge in [-0.1, -0.05) is 35.0 Å². The highest BCUT2D eigenvalue weighted by atomic mass is 79.9. The fourth-order valence-corrected chi connectivity index (χ4v) is 2.18. The number of carbonyl (C=O) groups is 1. The van der Waals surface area contributed by atoms with Crippen molar-refractivity contribution in [2.24, 2.45) is 0 Å². The Bertz CT molecular complexity index is 441. The highest BCUT2D eigenvalue weighted by Gasteiger charge is 2.15. The third-order valence-electron chi connectivity index (χ3n) is 2.86. The van der Waals surface area contributed by atoms with E-state index in [9.17, 15) is 4.79 Å². The molecule has 0 spiro atoms. The van der Waals surface area contributed by atoms with Crippen molar-refractivity contribution >= 4 is 22.0 Å². The maximum atomic E-state index is 11.5. The van der Waals surface area contributed by atoms with Gasteiger partial charge >= 0.3 is 6.09 Å². The molecule has 4 nitrogen and oxygen atoms in total. The molecule has 21 heavy (non-hydrogen) atoms. The maximum Gasteiger partial charge on any atom is 0.407 e. The van der Waals surface area contributed by atoms with Crippen molar-refractivity contribution in [3.63, 3.8) is 0 Å². The first-order chi connectivity index (χ1) is 9.81. The molecule has 0 fully saturated rings. The molecule has 0 heterocycles. The van der Waals surface area contributed by atoms with Gasteiger partial charge in [0.05, 0.1) is 0 Å². The molecular formula is C16H25BrN2O2. The summed E-state index contributed by atoms with van der Waals surface area (Å²) in [6.45, 7) is 8.94. The van der Waals surface area contributed by atoms with E-state index in [-0.39, 0.29) is 6.09 Å². The van der Waals surface area contributed by atoms with Gasteiger partial charge in [-0.05, 0) is 44.9 Å². The number of halogens is 1. The summed E-state index contributed by atoms with van der Waals surface area (Å²) < 4.78 is 6.26. The van der Waals surface area contributed by atoms with Crippen LogP contribution < -0.4 is 10.6 Å². The number of hydrogen-bond donors (Lipinski definition) is 2. The summed E-state index contributed by atoms with van der Waals surface area (Å²) in [6, 6.07) is 8.58. The molecule has 0 aliphatic heterocycles. The molecule has 0 aliphatic carbocycles. The average Bonchev–Trinajstić information content (AvgIpc) is 2.38. The lowest BCUT2D eigenvalue weighted by atomic mass is 10.0. The molecule has 1 atom stereocenters. The first-order valence-corrected chi connectivity index (χ1v) is 8.07. The molecule has 118 valence electrons. The zero-order valence-electron chi connectivity index (χ0n) is 13.2. The zero-order chi connectivity index (χ0) is 15.9. The lowest BCUT2D eigenvalue weighted by molar-refractivity contribution is 0.0528. The van der Waals surface area contributed by atoms with Crippen LogP contribution in [0.2, 0.25) is 0 Å². The topological polar surface area (TPSA) is 50.4 Å². The van der Waals surface area contributed by atoms with Crippen LogP contribution in [-0.2, 0) is 4.74 Å². The van der Waals surface area contributed by atoms with Gasteiger partial charge in [0.2, 0.25) is 0 Å². The van der Waals surface area contributed by atoms with E-state index in [4.69, 9.17) is 4.74 Å². The number of ether oxygens (including phenoxy) is 1. The fourth-order valence-electron chi connectivity index (χ4n) is 1.92. The molecule has 1 aromatic rings. The zero-order valence-corrected chi connectivity index (χ0v) is 14.8. The van der Waals surface area contributed by atoms with E-state index >= 15 is 0 Å². The lowest BCUT2D eigenvalue weighted by Gasteiger charge is -2.21. The van der Waals surface area contributed by atoms with Crippen LogP contribution in [0.4, 0.5) is 4.79 Å². The predicted octanol–water partition coefficient (Wildman–Crippen LogP) is 4.01. The molecule has 0 saturated carbocycles. The summed E-state index contributed by atoms with van der Waals surface area (Å²) in [5, 5.41) is 6.19. The van der Waals surface area contributed by atoms with Gasteiger partial charge in [-0.3, -0.25) is 0 Å². The molecular weight excluding hydrogens is 332 g/mol. The molecule has 0 aliphatic rings. The molecule has 0 saturated heterocycles. The molecule has 2 N–H and O–H groups in total.